The minimum atomic E-state index is -0.313. The van der Waals surface area contributed by atoms with Gasteiger partial charge in [0.2, 0.25) is 0 Å². The number of nitrogens with one attached hydrogen (secondary N) is 1. The molecule has 0 radical (unpaired) electrons. The zero-order valence-corrected chi connectivity index (χ0v) is 12.9. The standard InChI is InChI=1S/C18H19ClFN/c1-12(21-18-9-8-16(20)11-17(18)19)14-7-6-13-4-2-3-5-15(13)10-14/h6-12,21H,2-5H2,1H3. The van der Waals surface area contributed by atoms with Gasteiger partial charge in [0.25, 0.3) is 0 Å². The third kappa shape index (κ3) is 3.21. The Balaban J connectivity index is 1.80. The summed E-state index contributed by atoms with van der Waals surface area (Å²) >= 11 is 6.07. The molecule has 1 nitrogen and oxygen atoms in total. The van der Waals surface area contributed by atoms with Crippen molar-refractivity contribution < 1.29 is 4.39 Å². The Bertz CT molecular complexity index is 654. The Morgan fingerprint density at radius 3 is 2.57 bits per heavy atom. The normalized spacial score (nSPS) is 15.4. The number of hydrogen-bond donors (Lipinski definition) is 1. The van der Waals surface area contributed by atoms with E-state index in [1.807, 2.05) is 0 Å². The molecule has 0 bridgehead atoms. The molecule has 2 aromatic rings. The minimum absolute atomic E-state index is 0.139. The van der Waals surface area contributed by atoms with Gasteiger partial charge < -0.3 is 5.32 Å². The molecule has 0 amide bonds. The third-order valence-corrected chi connectivity index (χ3v) is 4.49. The second-order valence-electron chi connectivity index (χ2n) is 5.73. The van der Waals surface area contributed by atoms with Crippen LogP contribution in [0.2, 0.25) is 5.02 Å². The predicted molar refractivity (Wildman–Crippen MR) is 86.5 cm³/mol. The van der Waals surface area contributed by atoms with Gasteiger partial charge in [0.15, 0.2) is 0 Å². The molecule has 0 fully saturated rings. The molecule has 21 heavy (non-hydrogen) atoms. The van der Waals surface area contributed by atoms with Crippen molar-refractivity contribution in [1.82, 2.24) is 0 Å². The van der Waals surface area contributed by atoms with Gasteiger partial charge in [-0.05, 0) is 67.5 Å². The highest BCUT2D eigenvalue weighted by Crippen LogP contribution is 2.29. The first-order valence-corrected chi connectivity index (χ1v) is 7.84. The fourth-order valence-electron chi connectivity index (χ4n) is 2.95. The van der Waals surface area contributed by atoms with Crippen LogP contribution >= 0.6 is 11.6 Å². The molecule has 3 heteroatoms. The molecule has 0 aromatic heterocycles. The van der Waals surface area contributed by atoms with Gasteiger partial charge in [0.1, 0.15) is 5.82 Å². The van der Waals surface area contributed by atoms with Crippen molar-refractivity contribution in [2.45, 2.75) is 38.6 Å². The van der Waals surface area contributed by atoms with Crippen molar-refractivity contribution in [2.75, 3.05) is 5.32 Å². The van der Waals surface area contributed by atoms with Crippen LogP contribution in [0, 0.1) is 5.82 Å². The molecule has 2 aromatic carbocycles. The fourth-order valence-corrected chi connectivity index (χ4v) is 3.17. The Labute approximate surface area is 130 Å². The van der Waals surface area contributed by atoms with Crippen molar-refractivity contribution >= 4 is 17.3 Å². The molecule has 3 rings (SSSR count). The molecular weight excluding hydrogens is 285 g/mol. The van der Waals surface area contributed by atoms with E-state index in [0.29, 0.717) is 5.02 Å². The van der Waals surface area contributed by atoms with Crippen molar-refractivity contribution in [3.8, 4) is 0 Å². The molecule has 0 spiro atoms. The Hall–Kier alpha value is -1.54. The summed E-state index contributed by atoms with van der Waals surface area (Å²) in [5.41, 5.74) is 4.97. The van der Waals surface area contributed by atoms with Crippen LogP contribution in [0.3, 0.4) is 0 Å². The molecule has 0 aliphatic heterocycles. The average molecular weight is 304 g/mol. The summed E-state index contributed by atoms with van der Waals surface area (Å²) in [6, 6.07) is 11.3. The fraction of sp³-hybridized carbons (Fsp3) is 0.333. The van der Waals surface area contributed by atoms with Gasteiger partial charge in [-0.2, -0.15) is 0 Å². The highest BCUT2D eigenvalue weighted by atomic mass is 35.5. The molecule has 0 saturated carbocycles. The number of hydrogen-bond acceptors (Lipinski definition) is 1. The second kappa shape index (κ2) is 6.07. The van der Waals surface area contributed by atoms with Gasteiger partial charge in [-0.15, -0.1) is 0 Å². The van der Waals surface area contributed by atoms with E-state index in [0.717, 1.165) is 5.69 Å². The van der Waals surface area contributed by atoms with Gasteiger partial charge in [-0.25, -0.2) is 4.39 Å². The van der Waals surface area contributed by atoms with Gasteiger partial charge >= 0.3 is 0 Å². The highest BCUT2D eigenvalue weighted by molar-refractivity contribution is 6.33. The van der Waals surface area contributed by atoms with Crippen LogP contribution < -0.4 is 5.32 Å². The molecule has 1 unspecified atom stereocenters. The topological polar surface area (TPSA) is 12.0 Å². The Morgan fingerprint density at radius 1 is 1.05 bits per heavy atom. The first kappa shape index (κ1) is 14.4. The van der Waals surface area contributed by atoms with Crippen LogP contribution in [0.5, 0.6) is 0 Å². The predicted octanol–water partition coefficient (Wildman–Crippen LogP) is 5.53. The van der Waals surface area contributed by atoms with Crippen molar-refractivity contribution in [3.63, 3.8) is 0 Å². The van der Waals surface area contributed by atoms with Gasteiger partial charge in [0, 0.05) is 6.04 Å². The van der Waals surface area contributed by atoms with Crippen molar-refractivity contribution in [2.24, 2.45) is 0 Å². The molecule has 1 atom stereocenters. The van der Waals surface area contributed by atoms with E-state index in [1.165, 1.54) is 54.5 Å². The van der Waals surface area contributed by atoms with Gasteiger partial charge in [-0.1, -0.05) is 29.8 Å². The van der Waals surface area contributed by atoms with E-state index < -0.39 is 0 Å². The summed E-state index contributed by atoms with van der Waals surface area (Å²) in [6.45, 7) is 2.10. The zero-order valence-electron chi connectivity index (χ0n) is 12.1. The van der Waals surface area contributed by atoms with E-state index in [1.54, 1.807) is 6.07 Å². The maximum atomic E-state index is 13.1. The van der Waals surface area contributed by atoms with E-state index in [4.69, 9.17) is 11.6 Å². The summed E-state index contributed by atoms with van der Waals surface area (Å²) in [5, 5.41) is 3.78. The number of anilines is 1. The molecule has 0 saturated heterocycles. The molecule has 1 aliphatic carbocycles. The maximum absolute atomic E-state index is 13.1. The summed E-state index contributed by atoms with van der Waals surface area (Å²) in [4.78, 5) is 0. The lowest BCUT2D eigenvalue weighted by molar-refractivity contribution is 0.628. The lowest BCUT2D eigenvalue weighted by Crippen LogP contribution is -2.09. The SMILES string of the molecule is CC(Nc1ccc(F)cc1Cl)c1ccc2c(c1)CCCC2. The monoisotopic (exact) mass is 303 g/mol. The van der Waals surface area contributed by atoms with E-state index in [9.17, 15) is 4.39 Å². The van der Waals surface area contributed by atoms with Gasteiger partial charge in [0.05, 0.1) is 10.7 Å². The molecule has 110 valence electrons. The molecule has 1 aliphatic rings. The lowest BCUT2D eigenvalue weighted by atomic mass is 9.89. The molecule has 1 N–H and O–H groups in total. The number of benzene rings is 2. The highest BCUT2D eigenvalue weighted by Gasteiger charge is 2.13. The van der Waals surface area contributed by atoms with Crippen LogP contribution in [-0.2, 0) is 12.8 Å². The number of rotatable bonds is 3. The first-order chi connectivity index (χ1) is 10.1. The number of aryl methyl sites for hydroxylation is 2. The van der Waals surface area contributed by atoms with Gasteiger partial charge in [-0.3, -0.25) is 0 Å². The molecular formula is C18H19ClFN. The average Bonchev–Trinajstić information content (AvgIpc) is 2.49. The third-order valence-electron chi connectivity index (χ3n) is 4.18. The Morgan fingerprint density at radius 2 is 1.81 bits per heavy atom. The maximum Gasteiger partial charge on any atom is 0.124 e. The van der Waals surface area contributed by atoms with Crippen LogP contribution in [0.4, 0.5) is 10.1 Å². The quantitative estimate of drug-likeness (QED) is 0.786. The van der Waals surface area contributed by atoms with Crippen LogP contribution in [0.1, 0.15) is 42.5 Å². The largest absolute Gasteiger partial charge is 0.377 e. The minimum Gasteiger partial charge on any atom is -0.377 e. The van der Waals surface area contributed by atoms with Crippen molar-refractivity contribution in [3.05, 3.63) is 63.9 Å². The van der Waals surface area contributed by atoms with E-state index in [2.05, 4.69) is 30.4 Å². The smallest absolute Gasteiger partial charge is 0.124 e. The van der Waals surface area contributed by atoms with Crippen LogP contribution in [0.25, 0.3) is 0 Å². The lowest BCUT2D eigenvalue weighted by Gasteiger charge is -2.21. The van der Waals surface area contributed by atoms with E-state index >= 15 is 0 Å². The Kier molecular flexibility index (Phi) is 4.16. The van der Waals surface area contributed by atoms with E-state index in [-0.39, 0.29) is 11.9 Å². The zero-order chi connectivity index (χ0) is 14.8. The van der Waals surface area contributed by atoms with Crippen LogP contribution in [-0.4, -0.2) is 0 Å². The van der Waals surface area contributed by atoms with Crippen LogP contribution in [0.15, 0.2) is 36.4 Å². The van der Waals surface area contributed by atoms with Crippen molar-refractivity contribution in [1.29, 1.82) is 0 Å². The summed E-state index contributed by atoms with van der Waals surface area (Å²) < 4.78 is 13.1. The number of halogens is 2. The summed E-state index contributed by atoms with van der Waals surface area (Å²) in [5.74, 6) is -0.313. The summed E-state index contributed by atoms with van der Waals surface area (Å²) in [6.07, 6.45) is 4.95. The molecule has 0 heterocycles. The number of fused-ring (bicyclic) bond motifs is 1. The second-order valence-corrected chi connectivity index (χ2v) is 6.13. The first-order valence-electron chi connectivity index (χ1n) is 7.47. The summed E-state index contributed by atoms with van der Waals surface area (Å²) in [7, 11) is 0.